The van der Waals surface area contributed by atoms with Crippen LogP contribution >= 0.6 is 0 Å². The number of aromatic nitrogens is 2. The standard InChI is InChI=1S/C19H21N3O2S/c1-2-22-11-10-17(23)14-7-5-6-13(18(14)22)12-25(24)19-20-15-8-3-4-9-16(15)21-19/h3-9,17,23H,2,10-12H2,1H3,(H,20,21). The van der Waals surface area contributed by atoms with Crippen LogP contribution in [0.1, 0.15) is 30.6 Å². The van der Waals surface area contributed by atoms with Crippen molar-refractivity contribution in [2.24, 2.45) is 0 Å². The molecule has 3 aromatic rings. The van der Waals surface area contributed by atoms with E-state index in [0.29, 0.717) is 10.9 Å². The molecule has 0 bridgehead atoms. The van der Waals surface area contributed by atoms with Gasteiger partial charge in [0.15, 0.2) is 5.16 Å². The number of para-hydroxylation sites is 3. The second-order valence-electron chi connectivity index (χ2n) is 6.29. The third kappa shape index (κ3) is 2.96. The number of rotatable bonds is 4. The number of H-pyrrole nitrogens is 1. The van der Waals surface area contributed by atoms with E-state index < -0.39 is 16.9 Å². The molecule has 1 aliphatic heterocycles. The average molecular weight is 355 g/mol. The summed E-state index contributed by atoms with van der Waals surface area (Å²) in [6, 6.07) is 13.6. The Kier molecular flexibility index (Phi) is 4.31. The summed E-state index contributed by atoms with van der Waals surface area (Å²) < 4.78 is 12.9. The molecule has 2 N–H and O–H groups in total. The molecule has 130 valence electrons. The van der Waals surface area contributed by atoms with E-state index in [1.54, 1.807) is 0 Å². The van der Waals surface area contributed by atoms with Crippen molar-refractivity contribution in [3.63, 3.8) is 0 Å². The van der Waals surface area contributed by atoms with Gasteiger partial charge in [-0.1, -0.05) is 30.3 Å². The van der Waals surface area contributed by atoms with E-state index in [9.17, 15) is 9.32 Å². The Labute approximate surface area is 149 Å². The number of aromatic amines is 1. The van der Waals surface area contributed by atoms with Crippen molar-refractivity contribution in [1.29, 1.82) is 0 Å². The van der Waals surface area contributed by atoms with E-state index in [1.165, 1.54) is 0 Å². The lowest BCUT2D eigenvalue weighted by Gasteiger charge is -2.34. The summed E-state index contributed by atoms with van der Waals surface area (Å²) in [6.07, 6.45) is 0.286. The number of hydrogen-bond donors (Lipinski definition) is 2. The van der Waals surface area contributed by atoms with E-state index in [4.69, 9.17) is 0 Å². The van der Waals surface area contributed by atoms with E-state index in [0.717, 1.165) is 47.4 Å². The van der Waals surface area contributed by atoms with Crippen molar-refractivity contribution in [1.82, 2.24) is 9.97 Å². The molecule has 25 heavy (non-hydrogen) atoms. The minimum atomic E-state index is -1.27. The first kappa shape index (κ1) is 16.3. The molecule has 2 atom stereocenters. The molecule has 0 saturated carbocycles. The lowest BCUT2D eigenvalue weighted by molar-refractivity contribution is 0.164. The molecule has 6 heteroatoms. The monoisotopic (exact) mass is 355 g/mol. The maximum Gasteiger partial charge on any atom is 0.197 e. The predicted octanol–water partition coefficient (Wildman–Crippen LogP) is 3.13. The highest BCUT2D eigenvalue weighted by molar-refractivity contribution is 7.84. The Morgan fingerprint density at radius 1 is 1.28 bits per heavy atom. The lowest BCUT2D eigenvalue weighted by Crippen LogP contribution is -2.32. The number of imidazole rings is 1. The number of aliphatic hydroxyl groups is 1. The van der Waals surface area contributed by atoms with Gasteiger partial charge in [0.05, 0.1) is 33.7 Å². The lowest BCUT2D eigenvalue weighted by atomic mass is 9.96. The van der Waals surface area contributed by atoms with Gasteiger partial charge in [-0.25, -0.2) is 4.98 Å². The molecule has 5 nitrogen and oxygen atoms in total. The molecular formula is C19H21N3O2S. The number of nitrogens with zero attached hydrogens (tertiary/aromatic N) is 2. The topological polar surface area (TPSA) is 69.2 Å². The second kappa shape index (κ2) is 6.61. The third-order valence-electron chi connectivity index (χ3n) is 4.75. The summed E-state index contributed by atoms with van der Waals surface area (Å²) in [5, 5.41) is 10.8. The van der Waals surface area contributed by atoms with E-state index in [-0.39, 0.29) is 0 Å². The maximum atomic E-state index is 12.9. The van der Waals surface area contributed by atoms with Gasteiger partial charge in [0.25, 0.3) is 0 Å². The van der Waals surface area contributed by atoms with Gasteiger partial charge in [-0.05, 0) is 31.0 Å². The average Bonchev–Trinajstić information content (AvgIpc) is 3.07. The Morgan fingerprint density at radius 3 is 2.92 bits per heavy atom. The number of nitrogens with one attached hydrogen (secondary N) is 1. The number of anilines is 1. The van der Waals surface area contributed by atoms with Crippen LogP contribution in [0.15, 0.2) is 47.6 Å². The third-order valence-corrected chi connectivity index (χ3v) is 5.95. The molecule has 4 rings (SSSR count). The molecule has 1 aromatic heterocycles. The highest BCUT2D eigenvalue weighted by Crippen LogP contribution is 2.37. The van der Waals surface area contributed by atoms with Crippen molar-refractivity contribution in [3.8, 4) is 0 Å². The summed E-state index contributed by atoms with van der Waals surface area (Å²) in [5.74, 6) is 0.381. The van der Waals surface area contributed by atoms with Gasteiger partial charge < -0.3 is 15.0 Å². The quantitative estimate of drug-likeness (QED) is 0.754. The van der Waals surface area contributed by atoms with Crippen LogP contribution in [0.5, 0.6) is 0 Å². The highest BCUT2D eigenvalue weighted by atomic mass is 32.2. The van der Waals surface area contributed by atoms with Gasteiger partial charge in [-0.15, -0.1) is 0 Å². The van der Waals surface area contributed by atoms with E-state index >= 15 is 0 Å². The predicted molar refractivity (Wildman–Crippen MR) is 100 cm³/mol. The largest absolute Gasteiger partial charge is 0.388 e. The number of benzene rings is 2. The molecule has 0 saturated heterocycles. The van der Waals surface area contributed by atoms with Gasteiger partial charge in [0.2, 0.25) is 0 Å². The van der Waals surface area contributed by atoms with Gasteiger partial charge >= 0.3 is 0 Å². The minimum Gasteiger partial charge on any atom is -0.388 e. The number of fused-ring (bicyclic) bond motifs is 2. The molecule has 1 aliphatic rings. The van der Waals surface area contributed by atoms with Crippen LogP contribution in [0.2, 0.25) is 0 Å². The summed E-state index contributed by atoms with van der Waals surface area (Å²) in [5.41, 5.74) is 4.69. The molecule has 2 unspecified atom stereocenters. The van der Waals surface area contributed by atoms with Crippen molar-refractivity contribution in [2.45, 2.75) is 30.4 Å². The van der Waals surface area contributed by atoms with Crippen molar-refractivity contribution in [3.05, 3.63) is 53.6 Å². The van der Waals surface area contributed by atoms with E-state index in [1.807, 2.05) is 42.5 Å². The Morgan fingerprint density at radius 2 is 2.12 bits per heavy atom. The highest BCUT2D eigenvalue weighted by Gasteiger charge is 2.26. The minimum absolute atomic E-state index is 0.381. The normalized spacial score (nSPS) is 18.3. The first-order valence-electron chi connectivity index (χ1n) is 8.55. The summed E-state index contributed by atoms with van der Waals surface area (Å²) in [6.45, 7) is 3.79. The van der Waals surface area contributed by atoms with Gasteiger partial charge in [-0.2, -0.15) is 0 Å². The fourth-order valence-electron chi connectivity index (χ4n) is 3.49. The zero-order chi connectivity index (χ0) is 17.4. The molecule has 0 aliphatic carbocycles. The van der Waals surface area contributed by atoms with Crippen molar-refractivity contribution < 1.29 is 9.32 Å². The molecule has 0 fully saturated rings. The van der Waals surface area contributed by atoms with Crippen LogP contribution < -0.4 is 4.90 Å². The fraction of sp³-hybridized carbons (Fsp3) is 0.316. The first-order valence-corrected chi connectivity index (χ1v) is 9.87. The van der Waals surface area contributed by atoms with Crippen LogP contribution in [0, 0.1) is 0 Å². The molecule has 2 heterocycles. The molecule has 0 radical (unpaired) electrons. The SMILES string of the molecule is CCN1CCC(O)c2cccc(CS(=O)c3nc4ccccc4[nH]3)c21. The molecule has 2 aromatic carbocycles. The number of hydrogen-bond acceptors (Lipinski definition) is 4. The molecular weight excluding hydrogens is 334 g/mol. The van der Waals surface area contributed by atoms with Crippen molar-refractivity contribution >= 4 is 27.5 Å². The maximum absolute atomic E-state index is 12.9. The fourth-order valence-corrected chi connectivity index (χ4v) is 4.57. The summed E-state index contributed by atoms with van der Waals surface area (Å²) in [7, 11) is -1.27. The second-order valence-corrected chi connectivity index (χ2v) is 7.65. The van der Waals surface area contributed by atoms with Crippen LogP contribution in [-0.4, -0.2) is 32.4 Å². The molecule has 0 amide bonds. The first-order chi connectivity index (χ1) is 12.2. The van der Waals surface area contributed by atoms with Crippen molar-refractivity contribution in [2.75, 3.05) is 18.0 Å². The summed E-state index contributed by atoms with van der Waals surface area (Å²) >= 11 is 0. The zero-order valence-corrected chi connectivity index (χ0v) is 14.9. The molecule has 0 spiro atoms. The number of aliphatic hydroxyl groups excluding tert-OH is 1. The Bertz CT molecular complexity index is 904. The Balaban J connectivity index is 1.68. The van der Waals surface area contributed by atoms with Crippen LogP contribution in [0.25, 0.3) is 11.0 Å². The van der Waals surface area contributed by atoms with Crippen LogP contribution in [-0.2, 0) is 16.6 Å². The smallest absolute Gasteiger partial charge is 0.197 e. The van der Waals surface area contributed by atoms with Gasteiger partial charge in [-0.3, -0.25) is 4.21 Å². The van der Waals surface area contributed by atoms with E-state index in [2.05, 4.69) is 21.8 Å². The van der Waals surface area contributed by atoms with Gasteiger partial charge in [0, 0.05) is 24.3 Å². The Hall–Kier alpha value is -2.18. The van der Waals surface area contributed by atoms with Crippen LogP contribution in [0.4, 0.5) is 5.69 Å². The van der Waals surface area contributed by atoms with Gasteiger partial charge in [0.1, 0.15) is 0 Å². The van der Waals surface area contributed by atoms with Crippen LogP contribution in [0.3, 0.4) is 0 Å². The zero-order valence-electron chi connectivity index (χ0n) is 14.1. The summed E-state index contributed by atoms with van der Waals surface area (Å²) in [4.78, 5) is 9.87.